The molecule has 172 valence electrons. The summed E-state index contributed by atoms with van der Waals surface area (Å²) in [5.74, 6) is 2.85. The Morgan fingerprint density at radius 1 is 1.13 bits per heavy atom. The molecular weight excluding hydrogens is 489 g/mol. The van der Waals surface area contributed by atoms with Crippen LogP contribution in [0.25, 0.3) is 0 Å². The van der Waals surface area contributed by atoms with E-state index in [1.807, 2.05) is 13.1 Å². The van der Waals surface area contributed by atoms with E-state index in [1.165, 1.54) is 64.6 Å². The first-order valence-corrected chi connectivity index (χ1v) is 11.7. The minimum Gasteiger partial charge on any atom is -0.468 e. The van der Waals surface area contributed by atoms with Gasteiger partial charge < -0.3 is 20.0 Å². The van der Waals surface area contributed by atoms with E-state index >= 15 is 0 Å². The summed E-state index contributed by atoms with van der Waals surface area (Å²) in [5.41, 5.74) is 0. The number of likely N-dealkylation sites (tertiary alicyclic amines) is 2. The van der Waals surface area contributed by atoms with Gasteiger partial charge in [-0.05, 0) is 89.3 Å². The number of hydrogen-bond acceptors (Lipinski definition) is 4. The zero-order valence-corrected chi connectivity index (χ0v) is 21.3. The van der Waals surface area contributed by atoms with Crippen molar-refractivity contribution < 1.29 is 4.42 Å². The van der Waals surface area contributed by atoms with Crippen molar-refractivity contribution in [2.75, 3.05) is 52.9 Å². The summed E-state index contributed by atoms with van der Waals surface area (Å²) in [6.07, 6.45) is 10.8. The molecule has 7 heteroatoms. The first-order valence-electron chi connectivity index (χ1n) is 11.7. The van der Waals surface area contributed by atoms with E-state index in [9.17, 15) is 0 Å². The van der Waals surface area contributed by atoms with Crippen LogP contribution in [0.1, 0.15) is 63.7 Å². The Kier molecular flexibility index (Phi) is 12.1. The lowest BCUT2D eigenvalue weighted by Crippen LogP contribution is -2.44. The van der Waals surface area contributed by atoms with Crippen molar-refractivity contribution in [3.63, 3.8) is 0 Å². The van der Waals surface area contributed by atoms with Crippen LogP contribution < -0.4 is 10.6 Å². The Bertz CT molecular complexity index is 580. The Balaban J connectivity index is 0.00000320. The summed E-state index contributed by atoms with van der Waals surface area (Å²) in [5, 5.41) is 7.02. The molecule has 0 aliphatic carbocycles. The zero-order chi connectivity index (χ0) is 20.3. The molecule has 2 aliphatic rings. The van der Waals surface area contributed by atoms with Crippen LogP contribution in [0.2, 0.25) is 0 Å². The second-order valence-corrected chi connectivity index (χ2v) is 8.74. The third-order valence-electron chi connectivity index (χ3n) is 6.46. The largest absolute Gasteiger partial charge is 0.468 e. The van der Waals surface area contributed by atoms with E-state index in [0.717, 1.165) is 43.8 Å². The number of nitrogens with zero attached hydrogens (tertiary/aromatic N) is 3. The molecule has 0 aromatic carbocycles. The van der Waals surface area contributed by atoms with E-state index in [4.69, 9.17) is 4.42 Å². The van der Waals surface area contributed by atoms with Gasteiger partial charge >= 0.3 is 0 Å². The summed E-state index contributed by atoms with van der Waals surface area (Å²) in [6.45, 7) is 10.3. The third kappa shape index (κ3) is 8.38. The predicted octanol–water partition coefficient (Wildman–Crippen LogP) is 4.10. The van der Waals surface area contributed by atoms with Gasteiger partial charge in [0.1, 0.15) is 5.76 Å². The standard InChI is InChI=1S/C23H41N5O.HI/c1-20-10-16-27(17-11-20)13-7-4-12-25-23(24-2)26-19-21(22-9-8-18-29-22)28-14-5-3-6-15-28;/h8-9,18,20-21H,3-7,10-17,19H2,1-2H3,(H2,24,25,26);1H. The number of unbranched alkanes of at least 4 members (excludes halogenated alkanes) is 1. The molecule has 2 aliphatic heterocycles. The van der Waals surface area contributed by atoms with E-state index in [1.54, 1.807) is 6.26 Å². The van der Waals surface area contributed by atoms with Gasteiger partial charge in [0.2, 0.25) is 0 Å². The number of hydrogen-bond donors (Lipinski definition) is 2. The van der Waals surface area contributed by atoms with Gasteiger partial charge in [-0.3, -0.25) is 9.89 Å². The molecule has 30 heavy (non-hydrogen) atoms. The molecule has 2 fully saturated rings. The molecule has 3 rings (SSSR count). The van der Waals surface area contributed by atoms with Crippen LogP contribution in [0.3, 0.4) is 0 Å². The monoisotopic (exact) mass is 531 g/mol. The van der Waals surface area contributed by atoms with Crippen LogP contribution in [-0.4, -0.2) is 68.6 Å². The minimum atomic E-state index is 0. The fraction of sp³-hybridized carbons (Fsp3) is 0.783. The summed E-state index contributed by atoms with van der Waals surface area (Å²) in [4.78, 5) is 9.59. The van der Waals surface area contributed by atoms with Crippen LogP contribution in [0, 0.1) is 5.92 Å². The molecule has 6 nitrogen and oxygen atoms in total. The van der Waals surface area contributed by atoms with E-state index in [0.29, 0.717) is 0 Å². The Morgan fingerprint density at radius 2 is 1.90 bits per heavy atom. The smallest absolute Gasteiger partial charge is 0.191 e. The molecule has 1 atom stereocenters. The topological polar surface area (TPSA) is 56.0 Å². The van der Waals surface area contributed by atoms with E-state index < -0.39 is 0 Å². The van der Waals surface area contributed by atoms with Gasteiger partial charge in [0.15, 0.2) is 5.96 Å². The van der Waals surface area contributed by atoms with Gasteiger partial charge in [0, 0.05) is 20.1 Å². The Labute approximate surface area is 200 Å². The molecule has 0 bridgehead atoms. The summed E-state index contributed by atoms with van der Waals surface area (Å²) in [7, 11) is 1.85. The molecule has 1 aromatic heterocycles. The highest BCUT2D eigenvalue weighted by Gasteiger charge is 2.24. The van der Waals surface area contributed by atoms with E-state index in [2.05, 4.69) is 38.4 Å². The lowest BCUT2D eigenvalue weighted by molar-refractivity contribution is 0.146. The molecule has 0 saturated carbocycles. The van der Waals surface area contributed by atoms with Crippen molar-refractivity contribution in [2.45, 2.75) is 57.9 Å². The second-order valence-electron chi connectivity index (χ2n) is 8.74. The van der Waals surface area contributed by atoms with Crippen LogP contribution in [0.4, 0.5) is 0 Å². The molecule has 1 aromatic rings. The Hall–Kier alpha value is -0.800. The van der Waals surface area contributed by atoms with Crippen molar-refractivity contribution in [3.05, 3.63) is 24.2 Å². The van der Waals surface area contributed by atoms with Gasteiger partial charge in [0.25, 0.3) is 0 Å². The number of piperidine rings is 2. The maximum absolute atomic E-state index is 5.75. The first kappa shape index (κ1) is 25.5. The van der Waals surface area contributed by atoms with E-state index in [-0.39, 0.29) is 30.0 Å². The number of aliphatic imine (C=N–C) groups is 1. The lowest BCUT2D eigenvalue weighted by atomic mass is 9.99. The fourth-order valence-electron chi connectivity index (χ4n) is 4.49. The molecule has 2 saturated heterocycles. The summed E-state index contributed by atoms with van der Waals surface area (Å²) in [6, 6.07) is 4.35. The van der Waals surface area contributed by atoms with Gasteiger partial charge in [-0.25, -0.2) is 0 Å². The fourth-order valence-corrected chi connectivity index (χ4v) is 4.49. The normalized spacial score (nSPS) is 20.5. The maximum atomic E-state index is 5.75. The zero-order valence-electron chi connectivity index (χ0n) is 18.9. The lowest BCUT2D eigenvalue weighted by Gasteiger charge is -2.33. The van der Waals surface area contributed by atoms with Crippen LogP contribution >= 0.6 is 24.0 Å². The first-order chi connectivity index (χ1) is 14.3. The quantitative estimate of drug-likeness (QED) is 0.218. The van der Waals surface area contributed by atoms with Gasteiger partial charge in [-0.1, -0.05) is 13.3 Å². The molecule has 0 spiro atoms. The summed E-state index contributed by atoms with van der Waals surface area (Å²) < 4.78 is 5.75. The molecule has 2 N–H and O–H groups in total. The molecular formula is C23H42IN5O. The molecule has 0 amide bonds. The average Bonchev–Trinajstić information content (AvgIpc) is 3.29. The number of nitrogens with one attached hydrogen (secondary N) is 2. The summed E-state index contributed by atoms with van der Waals surface area (Å²) >= 11 is 0. The van der Waals surface area contributed by atoms with Crippen molar-refractivity contribution in [2.24, 2.45) is 10.9 Å². The highest BCUT2D eigenvalue weighted by atomic mass is 127. The Morgan fingerprint density at radius 3 is 2.57 bits per heavy atom. The van der Waals surface area contributed by atoms with Crippen molar-refractivity contribution in [3.8, 4) is 0 Å². The average molecular weight is 532 g/mol. The maximum Gasteiger partial charge on any atom is 0.191 e. The number of rotatable bonds is 9. The molecule has 0 radical (unpaired) electrons. The number of furan rings is 1. The highest BCUT2D eigenvalue weighted by Crippen LogP contribution is 2.24. The van der Waals surface area contributed by atoms with Gasteiger partial charge in [-0.2, -0.15) is 0 Å². The van der Waals surface area contributed by atoms with Crippen LogP contribution in [0.5, 0.6) is 0 Å². The van der Waals surface area contributed by atoms with Gasteiger partial charge in [-0.15, -0.1) is 24.0 Å². The van der Waals surface area contributed by atoms with Crippen LogP contribution in [-0.2, 0) is 0 Å². The van der Waals surface area contributed by atoms with Crippen LogP contribution in [0.15, 0.2) is 27.8 Å². The van der Waals surface area contributed by atoms with Gasteiger partial charge in [0.05, 0.1) is 12.3 Å². The number of halogens is 1. The minimum absolute atomic E-state index is 0. The molecule has 1 unspecified atom stereocenters. The SMILES string of the molecule is CN=C(NCCCCN1CCC(C)CC1)NCC(c1ccco1)N1CCCCC1.I. The van der Waals surface area contributed by atoms with Crippen molar-refractivity contribution >= 4 is 29.9 Å². The number of guanidine groups is 1. The van der Waals surface area contributed by atoms with Crippen molar-refractivity contribution in [1.82, 2.24) is 20.4 Å². The predicted molar refractivity (Wildman–Crippen MR) is 136 cm³/mol. The molecule has 3 heterocycles. The second kappa shape index (κ2) is 14.3. The van der Waals surface area contributed by atoms with Crippen molar-refractivity contribution in [1.29, 1.82) is 0 Å². The third-order valence-corrected chi connectivity index (χ3v) is 6.46. The highest BCUT2D eigenvalue weighted by molar-refractivity contribution is 14.0.